The second-order valence-corrected chi connectivity index (χ2v) is 21.4. The molecule has 3 N–H and O–H groups in total. The van der Waals surface area contributed by atoms with Crippen LogP contribution in [0.25, 0.3) is 0 Å². The molecule has 0 aromatic heterocycles. The first kappa shape index (κ1) is 62.0. The molecular weight excluding hydrogens is 804 g/mol. The fourth-order valence-electron chi connectivity index (χ4n) is 8.10. The Labute approximate surface area is 392 Å². The van der Waals surface area contributed by atoms with E-state index in [1.807, 2.05) is 27.2 Å². The van der Waals surface area contributed by atoms with Gasteiger partial charge in [-0.1, -0.05) is 237 Å². The molecule has 0 aromatic rings. The molecule has 63 heavy (non-hydrogen) atoms. The van der Waals surface area contributed by atoms with Crippen molar-refractivity contribution in [2.24, 2.45) is 0 Å². The van der Waals surface area contributed by atoms with Crippen LogP contribution in [-0.2, 0) is 18.4 Å². The third-order valence-electron chi connectivity index (χ3n) is 12.4. The summed E-state index contributed by atoms with van der Waals surface area (Å²) in [6.45, 7) is 4.84. The van der Waals surface area contributed by atoms with Gasteiger partial charge in [0, 0.05) is 6.42 Å². The molecule has 0 rings (SSSR count). The van der Waals surface area contributed by atoms with Gasteiger partial charge in [0.25, 0.3) is 0 Å². The van der Waals surface area contributed by atoms with Gasteiger partial charge in [0.05, 0.1) is 39.9 Å². The summed E-state index contributed by atoms with van der Waals surface area (Å²) >= 11 is 0. The van der Waals surface area contributed by atoms with E-state index < -0.39 is 20.0 Å². The topological polar surface area (TPSA) is 105 Å². The van der Waals surface area contributed by atoms with Crippen LogP contribution in [0.1, 0.15) is 264 Å². The Balaban J connectivity index is 4.20. The Hall–Kier alpha value is -1.02. The predicted molar refractivity (Wildman–Crippen MR) is 272 cm³/mol. The van der Waals surface area contributed by atoms with Crippen LogP contribution in [0.4, 0.5) is 0 Å². The smallest absolute Gasteiger partial charge is 0.387 e. The fraction of sp³-hybridized carbons (Fsp3) is 0.907. The zero-order valence-electron chi connectivity index (χ0n) is 42.6. The number of likely N-dealkylation sites (N-methyl/N-ethyl adjacent to an activating group) is 1. The minimum Gasteiger partial charge on any atom is -0.387 e. The van der Waals surface area contributed by atoms with Crippen LogP contribution in [0.2, 0.25) is 0 Å². The van der Waals surface area contributed by atoms with Gasteiger partial charge in [0.2, 0.25) is 5.91 Å². The number of nitrogens with one attached hydrogen (secondary N) is 1. The second kappa shape index (κ2) is 46.1. The summed E-state index contributed by atoms with van der Waals surface area (Å²) in [7, 11) is 1.58. The molecule has 0 fully saturated rings. The summed E-state index contributed by atoms with van der Waals surface area (Å²) in [4.78, 5) is 23.2. The maximum Gasteiger partial charge on any atom is 0.472 e. The highest BCUT2D eigenvalue weighted by Gasteiger charge is 2.27. The van der Waals surface area contributed by atoms with E-state index in [2.05, 4.69) is 31.3 Å². The quantitative estimate of drug-likeness (QED) is 0.0243. The van der Waals surface area contributed by atoms with Crippen molar-refractivity contribution in [3.63, 3.8) is 0 Å². The van der Waals surface area contributed by atoms with Crippen molar-refractivity contribution in [3.05, 3.63) is 24.3 Å². The van der Waals surface area contributed by atoms with Gasteiger partial charge in [-0.2, -0.15) is 0 Å². The standard InChI is InChI=1S/C54H107N2O6P/c1-6-8-10-12-14-16-18-20-22-24-25-26-27-28-29-30-31-32-34-36-38-40-42-44-46-48-54(58)55-52(51-62-63(59,60)61-50-49-56(3,4)5)53(57)47-45-43-41-39-37-35-33-23-21-19-17-15-13-11-9-7-2/h28-29,45,47,52-53,57H,6-27,30-44,46,48-51H2,1-5H3,(H-,55,58,59,60)/p+1/b29-28-,47-45+. The van der Waals surface area contributed by atoms with Gasteiger partial charge >= 0.3 is 7.82 Å². The van der Waals surface area contributed by atoms with Crippen LogP contribution in [0.3, 0.4) is 0 Å². The van der Waals surface area contributed by atoms with Gasteiger partial charge in [-0.25, -0.2) is 4.57 Å². The van der Waals surface area contributed by atoms with Crippen molar-refractivity contribution >= 4 is 13.7 Å². The number of allylic oxidation sites excluding steroid dienone is 3. The number of phosphoric acid groups is 1. The van der Waals surface area contributed by atoms with E-state index in [1.165, 1.54) is 205 Å². The van der Waals surface area contributed by atoms with Gasteiger partial charge in [-0.15, -0.1) is 0 Å². The molecule has 8 nitrogen and oxygen atoms in total. The van der Waals surface area contributed by atoms with Crippen molar-refractivity contribution in [1.82, 2.24) is 5.32 Å². The number of rotatable bonds is 50. The molecule has 374 valence electrons. The minimum absolute atomic E-state index is 0.0626. The normalized spacial score (nSPS) is 14.2. The summed E-state index contributed by atoms with van der Waals surface area (Å²) in [5.41, 5.74) is 0. The molecule has 9 heteroatoms. The lowest BCUT2D eigenvalue weighted by Crippen LogP contribution is -2.45. The molecule has 0 heterocycles. The van der Waals surface area contributed by atoms with Crippen LogP contribution < -0.4 is 5.32 Å². The third-order valence-corrected chi connectivity index (χ3v) is 13.4. The summed E-state index contributed by atoms with van der Waals surface area (Å²) in [5.74, 6) is -0.176. The molecule has 0 saturated carbocycles. The monoisotopic (exact) mass is 912 g/mol. The average Bonchev–Trinajstić information content (AvgIpc) is 3.24. The Bertz CT molecular complexity index is 1080. The molecule has 0 spiro atoms. The zero-order chi connectivity index (χ0) is 46.4. The lowest BCUT2D eigenvalue weighted by Gasteiger charge is -2.25. The Kier molecular flexibility index (Phi) is 45.4. The number of aliphatic hydroxyl groups is 1. The van der Waals surface area contributed by atoms with E-state index in [4.69, 9.17) is 9.05 Å². The Morgan fingerprint density at radius 2 is 0.857 bits per heavy atom. The number of phosphoric ester groups is 1. The highest BCUT2D eigenvalue weighted by molar-refractivity contribution is 7.47. The van der Waals surface area contributed by atoms with Crippen LogP contribution in [0.5, 0.6) is 0 Å². The van der Waals surface area contributed by atoms with Gasteiger partial charge in [0.15, 0.2) is 0 Å². The predicted octanol–water partition coefficient (Wildman–Crippen LogP) is 16.0. The molecule has 1 amide bonds. The number of amides is 1. The molecule has 0 aliphatic heterocycles. The molecule has 3 atom stereocenters. The first-order chi connectivity index (χ1) is 30.5. The van der Waals surface area contributed by atoms with Crippen LogP contribution in [-0.4, -0.2) is 73.4 Å². The fourth-order valence-corrected chi connectivity index (χ4v) is 8.83. The van der Waals surface area contributed by atoms with Gasteiger partial charge < -0.3 is 19.8 Å². The summed E-state index contributed by atoms with van der Waals surface area (Å²) in [5, 5.41) is 13.9. The van der Waals surface area contributed by atoms with Crippen LogP contribution in [0.15, 0.2) is 24.3 Å². The number of carbonyl (C=O) groups is 1. The Morgan fingerprint density at radius 3 is 1.22 bits per heavy atom. The number of unbranched alkanes of at least 4 members (excludes halogenated alkanes) is 35. The average molecular weight is 912 g/mol. The summed E-state index contributed by atoms with van der Waals surface area (Å²) in [6, 6.07) is -0.845. The van der Waals surface area contributed by atoms with E-state index in [1.54, 1.807) is 6.08 Å². The van der Waals surface area contributed by atoms with E-state index in [-0.39, 0.29) is 19.1 Å². The molecule has 0 saturated heterocycles. The molecule has 3 unspecified atom stereocenters. The highest BCUT2D eigenvalue weighted by atomic mass is 31.2. The van der Waals surface area contributed by atoms with Gasteiger partial charge in [0.1, 0.15) is 13.2 Å². The first-order valence-electron chi connectivity index (χ1n) is 27.2. The van der Waals surface area contributed by atoms with Crippen molar-refractivity contribution in [3.8, 4) is 0 Å². The van der Waals surface area contributed by atoms with E-state index in [9.17, 15) is 19.4 Å². The lowest BCUT2D eigenvalue weighted by atomic mass is 10.0. The molecule has 0 bridgehead atoms. The number of hydrogen-bond donors (Lipinski definition) is 3. The number of quaternary nitrogens is 1. The lowest BCUT2D eigenvalue weighted by molar-refractivity contribution is -0.870. The highest BCUT2D eigenvalue weighted by Crippen LogP contribution is 2.43. The van der Waals surface area contributed by atoms with E-state index in [0.717, 1.165) is 38.5 Å². The maximum atomic E-state index is 12.9. The van der Waals surface area contributed by atoms with Crippen LogP contribution in [0, 0.1) is 0 Å². The SMILES string of the molecule is CCCCCCCCCCCCCC/C=C\CCCCCCCCCCCC(=O)NC(COP(=O)(O)OCC[N+](C)(C)C)C(O)/C=C/CCCCCCCCCCCCCCCC. The third kappa shape index (κ3) is 48.7. The molecule has 0 aromatic carbocycles. The van der Waals surface area contributed by atoms with Crippen molar-refractivity contribution < 1.29 is 32.9 Å². The molecule has 0 aliphatic carbocycles. The van der Waals surface area contributed by atoms with Crippen molar-refractivity contribution in [2.75, 3.05) is 40.9 Å². The molecular formula is C54H108N2O6P+. The number of nitrogens with zero attached hydrogens (tertiary/aromatic N) is 1. The number of aliphatic hydroxyl groups excluding tert-OH is 1. The van der Waals surface area contributed by atoms with Crippen molar-refractivity contribution in [1.29, 1.82) is 0 Å². The van der Waals surface area contributed by atoms with Gasteiger partial charge in [-0.05, 0) is 44.9 Å². The first-order valence-corrected chi connectivity index (χ1v) is 28.7. The van der Waals surface area contributed by atoms with Gasteiger partial charge in [-0.3, -0.25) is 13.8 Å². The van der Waals surface area contributed by atoms with E-state index >= 15 is 0 Å². The van der Waals surface area contributed by atoms with E-state index in [0.29, 0.717) is 17.4 Å². The second-order valence-electron chi connectivity index (χ2n) is 20.0. The van der Waals surface area contributed by atoms with Crippen LogP contribution >= 0.6 is 7.82 Å². The summed E-state index contributed by atoms with van der Waals surface area (Å²) in [6.07, 6.45) is 56.9. The molecule has 0 aliphatic rings. The zero-order valence-corrected chi connectivity index (χ0v) is 43.5. The number of hydrogen-bond acceptors (Lipinski definition) is 5. The largest absolute Gasteiger partial charge is 0.472 e. The molecule has 0 radical (unpaired) electrons. The maximum absolute atomic E-state index is 12.9. The minimum atomic E-state index is -4.34. The summed E-state index contributed by atoms with van der Waals surface area (Å²) < 4.78 is 23.7. The van der Waals surface area contributed by atoms with Crippen molar-refractivity contribution in [2.45, 2.75) is 276 Å². The Morgan fingerprint density at radius 1 is 0.524 bits per heavy atom. The number of carbonyl (C=O) groups excluding carboxylic acids is 1.